The Morgan fingerprint density at radius 2 is 1.68 bits per heavy atom. The molecule has 2 rings (SSSR count). The summed E-state index contributed by atoms with van der Waals surface area (Å²) in [5, 5.41) is 9.95. The van der Waals surface area contributed by atoms with Crippen molar-refractivity contribution < 1.29 is 14.4 Å². The van der Waals surface area contributed by atoms with Crippen LogP contribution in [0.2, 0.25) is 0 Å². The Morgan fingerprint density at radius 3 is 2.16 bits per heavy atom. The largest absolute Gasteiger partial charge is 0.514 e. The van der Waals surface area contributed by atoms with Crippen LogP contribution in [0.4, 0.5) is 0 Å². The van der Waals surface area contributed by atoms with Gasteiger partial charge < -0.3 is 14.4 Å². The Bertz CT molecular complexity index is 467. The molecule has 104 valence electrons. The second-order valence-corrected chi connectivity index (χ2v) is 6.45. The Hall–Kier alpha value is -0.975. The minimum absolute atomic E-state index is 0.361. The Labute approximate surface area is 114 Å². The van der Waals surface area contributed by atoms with E-state index in [1.54, 1.807) is 26.1 Å². The van der Waals surface area contributed by atoms with Crippen molar-refractivity contribution >= 4 is 12.7 Å². The first-order valence-corrected chi connectivity index (χ1v) is 6.44. The van der Waals surface area contributed by atoms with Crippen LogP contribution in [-0.2, 0) is 14.9 Å². The fourth-order valence-electron chi connectivity index (χ4n) is 1.76. The Balaban J connectivity index is 2.30. The van der Waals surface area contributed by atoms with E-state index >= 15 is 0 Å². The van der Waals surface area contributed by atoms with Crippen molar-refractivity contribution in [3.05, 3.63) is 18.1 Å². The van der Waals surface area contributed by atoms with Gasteiger partial charge in [0.15, 0.2) is 5.82 Å². The average Bonchev–Trinajstić information content (AvgIpc) is 2.47. The molecule has 1 N–H and O–H groups in total. The van der Waals surface area contributed by atoms with Gasteiger partial charge in [-0.15, -0.1) is 0 Å². The standard InChI is InChI=1S/C13H21BN2O3/c1-11(2,17)10-15-8-7-9(16-10)14-18-12(3,4)13(5,6)19-14/h7-8,17H,1-6H3. The molecule has 0 radical (unpaired) electrons. The van der Waals surface area contributed by atoms with Gasteiger partial charge in [-0.25, -0.2) is 9.97 Å². The minimum Gasteiger partial charge on any atom is -0.398 e. The fraction of sp³-hybridized carbons (Fsp3) is 0.692. The van der Waals surface area contributed by atoms with E-state index < -0.39 is 23.9 Å². The maximum absolute atomic E-state index is 9.95. The van der Waals surface area contributed by atoms with Crippen molar-refractivity contribution in [2.45, 2.75) is 58.3 Å². The van der Waals surface area contributed by atoms with Crippen LogP contribution < -0.4 is 5.59 Å². The molecule has 0 aliphatic carbocycles. The van der Waals surface area contributed by atoms with Crippen molar-refractivity contribution in [2.75, 3.05) is 0 Å². The highest BCUT2D eigenvalue weighted by atomic mass is 16.7. The smallest absolute Gasteiger partial charge is 0.398 e. The number of aliphatic hydroxyl groups is 1. The molecule has 1 aliphatic rings. The van der Waals surface area contributed by atoms with Crippen molar-refractivity contribution in [1.82, 2.24) is 9.97 Å². The molecule has 5 nitrogen and oxygen atoms in total. The molecule has 0 amide bonds. The minimum atomic E-state index is -1.08. The monoisotopic (exact) mass is 264 g/mol. The molecule has 0 bridgehead atoms. The summed E-state index contributed by atoms with van der Waals surface area (Å²) in [4.78, 5) is 8.43. The highest BCUT2D eigenvalue weighted by Crippen LogP contribution is 2.36. The number of hydrogen-bond acceptors (Lipinski definition) is 5. The lowest BCUT2D eigenvalue weighted by Crippen LogP contribution is -2.41. The molecule has 0 saturated carbocycles. The van der Waals surface area contributed by atoms with E-state index in [4.69, 9.17) is 9.31 Å². The Morgan fingerprint density at radius 1 is 1.16 bits per heavy atom. The highest BCUT2D eigenvalue weighted by Gasteiger charge is 2.52. The predicted molar refractivity (Wildman–Crippen MR) is 73.0 cm³/mol. The molecule has 0 atom stereocenters. The van der Waals surface area contributed by atoms with E-state index in [-0.39, 0.29) is 0 Å². The molecule has 0 unspecified atom stereocenters. The third-order valence-corrected chi connectivity index (χ3v) is 3.72. The van der Waals surface area contributed by atoms with E-state index in [9.17, 15) is 5.11 Å². The summed E-state index contributed by atoms with van der Waals surface area (Å²) in [7, 11) is -0.533. The summed E-state index contributed by atoms with van der Waals surface area (Å²) in [5.74, 6) is 0.361. The zero-order valence-electron chi connectivity index (χ0n) is 12.4. The van der Waals surface area contributed by atoms with Crippen LogP contribution in [0.5, 0.6) is 0 Å². The van der Waals surface area contributed by atoms with Crippen molar-refractivity contribution in [2.24, 2.45) is 0 Å². The third kappa shape index (κ3) is 2.66. The second-order valence-electron chi connectivity index (χ2n) is 6.45. The van der Waals surface area contributed by atoms with Crippen molar-refractivity contribution in [1.29, 1.82) is 0 Å². The molecule has 1 aliphatic heterocycles. The van der Waals surface area contributed by atoms with Crippen LogP contribution in [-0.4, -0.2) is 33.4 Å². The highest BCUT2D eigenvalue weighted by molar-refractivity contribution is 6.61. The molecule has 0 spiro atoms. The normalized spacial score (nSPS) is 21.7. The van der Waals surface area contributed by atoms with Crippen LogP contribution in [0.25, 0.3) is 0 Å². The van der Waals surface area contributed by atoms with Gasteiger partial charge in [0.1, 0.15) is 5.60 Å². The number of nitrogens with zero attached hydrogens (tertiary/aromatic N) is 2. The topological polar surface area (TPSA) is 64.5 Å². The average molecular weight is 264 g/mol. The maximum atomic E-state index is 9.95. The summed E-state index contributed by atoms with van der Waals surface area (Å²) in [6.45, 7) is 11.3. The molecular weight excluding hydrogens is 243 g/mol. The van der Waals surface area contributed by atoms with Gasteiger partial charge in [-0.05, 0) is 47.6 Å². The van der Waals surface area contributed by atoms with E-state index in [0.717, 1.165) is 0 Å². The molecule has 1 aromatic heterocycles. The first kappa shape index (κ1) is 14.4. The van der Waals surface area contributed by atoms with E-state index in [0.29, 0.717) is 11.4 Å². The predicted octanol–water partition coefficient (Wildman–Crippen LogP) is 1.00. The van der Waals surface area contributed by atoms with E-state index in [1.165, 1.54) is 0 Å². The van der Waals surface area contributed by atoms with E-state index in [1.807, 2.05) is 27.7 Å². The summed E-state index contributed by atoms with van der Waals surface area (Å²) < 4.78 is 11.8. The zero-order chi connectivity index (χ0) is 14.5. The van der Waals surface area contributed by atoms with Crippen molar-refractivity contribution in [3.8, 4) is 0 Å². The van der Waals surface area contributed by atoms with Gasteiger partial charge >= 0.3 is 7.12 Å². The van der Waals surface area contributed by atoms with Gasteiger partial charge in [0.2, 0.25) is 0 Å². The lowest BCUT2D eigenvalue weighted by molar-refractivity contribution is 0.00578. The molecule has 19 heavy (non-hydrogen) atoms. The third-order valence-electron chi connectivity index (χ3n) is 3.72. The second kappa shape index (κ2) is 4.26. The molecule has 1 fully saturated rings. The van der Waals surface area contributed by atoms with Crippen LogP contribution in [0.15, 0.2) is 12.3 Å². The number of rotatable bonds is 2. The fourth-order valence-corrected chi connectivity index (χ4v) is 1.76. The van der Waals surface area contributed by atoms with Crippen molar-refractivity contribution in [3.63, 3.8) is 0 Å². The molecule has 6 heteroatoms. The van der Waals surface area contributed by atoms with Crippen LogP contribution in [0.1, 0.15) is 47.4 Å². The van der Waals surface area contributed by atoms with Gasteiger partial charge in [-0.1, -0.05) is 0 Å². The summed E-state index contributed by atoms with van der Waals surface area (Å²) in [6, 6.07) is 1.75. The molecule has 0 aromatic carbocycles. The first-order valence-electron chi connectivity index (χ1n) is 6.44. The van der Waals surface area contributed by atoms with Gasteiger partial charge in [-0.2, -0.15) is 0 Å². The number of hydrogen-bond donors (Lipinski definition) is 1. The first-order chi connectivity index (χ1) is 8.53. The summed E-state index contributed by atoms with van der Waals surface area (Å²) >= 11 is 0. The summed E-state index contributed by atoms with van der Waals surface area (Å²) in [5.41, 5.74) is -1.26. The van der Waals surface area contributed by atoms with E-state index in [2.05, 4.69) is 9.97 Å². The summed E-state index contributed by atoms with van der Waals surface area (Å²) in [6.07, 6.45) is 1.61. The van der Waals surface area contributed by atoms with Gasteiger partial charge in [0.05, 0.1) is 16.8 Å². The molecule has 1 saturated heterocycles. The van der Waals surface area contributed by atoms with Crippen LogP contribution >= 0.6 is 0 Å². The van der Waals surface area contributed by atoms with Gasteiger partial charge in [0.25, 0.3) is 0 Å². The maximum Gasteiger partial charge on any atom is 0.514 e. The molecule has 1 aromatic rings. The zero-order valence-corrected chi connectivity index (χ0v) is 12.4. The lowest BCUT2D eigenvalue weighted by Gasteiger charge is -2.32. The number of aromatic nitrogens is 2. The lowest BCUT2D eigenvalue weighted by atomic mass is 9.84. The SMILES string of the molecule is CC(C)(O)c1nccc(B2OC(C)(C)C(C)(C)O2)n1. The van der Waals surface area contributed by atoms with Crippen LogP contribution in [0.3, 0.4) is 0 Å². The Kier molecular flexibility index (Phi) is 3.24. The van der Waals surface area contributed by atoms with Gasteiger partial charge in [0, 0.05) is 6.20 Å². The van der Waals surface area contributed by atoms with Gasteiger partial charge in [-0.3, -0.25) is 0 Å². The molecular formula is C13H21BN2O3. The quantitative estimate of drug-likeness (QED) is 0.807. The van der Waals surface area contributed by atoms with Crippen LogP contribution in [0, 0.1) is 0 Å². The molecule has 2 heterocycles.